The zero-order chi connectivity index (χ0) is 47.2. The molecule has 2 aliphatic rings. The quantitative estimate of drug-likeness (QED) is 0.0473. The van der Waals surface area contributed by atoms with Gasteiger partial charge in [-0.15, -0.1) is 22.1 Å². The molecule has 8 bridgehead atoms. The number of fused-ring (bicyclic) bond motifs is 8. The van der Waals surface area contributed by atoms with Gasteiger partial charge in [0, 0.05) is 4.47 Å². The summed E-state index contributed by atoms with van der Waals surface area (Å²) in [5, 5.41) is 0. The third-order valence-corrected chi connectivity index (χ3v) is 14.7. The van der Waals surface area contributed by atoms with Crippen LogP contribution in [0.4, 0.5) is 0 Å². The smallest absolute Gasteiger partial charge is 0.657 e. The van der Waals surface area contributed by atoms with E-state index >= 15 is 0 Å². The van der Waals surface area contributed by atoms with E-state index in [0.717, 1.165) is 97.3 Å². The van der Waals surface area contributed by atoms with Gasteiger partial charge < -0.3 is 9.97 Å². The second kappa shape index (κ2) is 26.0. The van der Waals surface area contributed by atoms with Crippen molar-refractivity contribution >= 4 is 62.3 Å². The van der Waals surface area contributed by atoms with Crippen molar-refractivity contribution in [3.63, 3.8) is 0 Å². The molecule has 0 amide bonds. The van der Waals surface area contributed by atoms with Gasteiger partial charge in [0.2, 0.25) is 0 Å². The van der Waals surface area contributed by atoms with Crippen molar-refractivity contribution in [1.29, 1.82) is 0 Å². The van der Waals surface area contributed by atoms with Crippen LogP contribution in [0.2, 0.25) is 0 Å². The van der Waals surface area contributed by atoms with Crippen LogP contribution in [-0.2, 0) is 45.2 Å². The Morgan fingerprint density at radius 1 is 0.377 bits per heavy atom. The molecule has 4 nitrogen and oxygen atoms in total. The molecule has 8 rings (SSSR count). The summed E-state index contributed by atoms with van der Waals surface area (Å²) in [6, 6.07) is 32.2. The minimum atomic E-state index is 0. The fourth-order valence-electron chi connectivity index (χ4n) is 10.1. The van der Waals surface area contributed by atoms with Crippen LogP contribution in [0.25, 0.3) is 79.8 Å². The molecule has 354 valence electrons. The van der Waals surface area contributed by atoms with Gasteiger partial charge in [0.25, 0.3) is 0 Å². The van der Waals surface area contributed by atoms with Crippen molar-refractivity contribution in [2.45, 2.75) is 163 Å². The first-order valence-corrected chi connectivity index (χ1v) is 27.2. The summed E-state index contributed by atoms with van der Waals surface area (Å²) in [5.41, 5.74) is 20.7. The molecule has 0 aliphatic carbocycles. The van der Waals surface area contributed by atoms with Gasteiger partial charge in [-0.05, 0) is 154 Å². The van der Waals surface area contributed by atoms with Gasteiger partial charge in [0.05, 0.1) is 22.8 Å². The van der Waals surface area contributed by atoms with E-state index in [4.69, 9.17) is 19.9 Å². The number of halogens is 1. The van der Waals surface area contributed by atoms with E-state index in [1.54, 1.807) is 0 Å². The maximum atomic E-state index is 5.60. The molecule has 0 fully saturated rings. The summed E-state index contributed by atoms with van der Waals surface area (Å²) < 4.78 is 0.880. The van der Waals surface area contributed by atoms with E-state index in [1.165, 1.54) is 142 Å². The molecule has 3 aromatic carbocycles. The molecular weight excluding hydrogens is 958 g/mol. The molecule has 5 heterocycles. The molecule has 0 unspecified atom stereocenters. The van der Waals surface area contributed by atoms with E-state index in [2.05, 4.69) is 160 Å². The standard InChI is InChI=1S/C63H73BrN4.Zn/c1-6-10-14-18-22-45-38-46(23-19-15-11-7-2)41-50(40-45)61-54-32-30-52(65-54)60(49-28-26-44(5)27-29-49)53-31-33-55(66-53)62(57-35-37-59(68-57)63(64)58-36-34-56(61)67-58)51-42-47(24-20-16-12-8-3)39-48(43-51)25-21-17-13-9-4;/h26-43H,6-25H2,1-5H3;/q-2;+2. The van der Waals surface area contributed by atoms with Gasteiger partial charge in [0.1, 0.15) is 0 Å². The predicted molar refractivity (Wildman–Crippen MR) is 297 cm³/mol. The Balaban J connectivity index is 0.00000703. The van der Waals surface area contributed by atoms with Crippen molar-refractivity contribution in [3.05, 3.63) is 140 Å². The van der Waals surface area contributed by atoms with Gasteiger partial charge in [-0.2, -0.15) is 0 Å². The van der Waals surface area contributed by atoms with Crippen LogP contribution in [0.15, 0.2) is 89.4 Å². The van der Waals surface area contributed by atoms with Crippen LogP contribution in [-0.4, -0.2) is 9.97 Å². The van der Waals surface area contributed by atoms with E-state index < -0.39 is 0 Å². The van der Waals surface area contributed by atoms with Gasteiger partial charge in [-0.25, -0.2) is 9.97 Å². The maximum Gasteiger partial charge on any atom is 2.00 e. The second-order valence-corrected chi connectivity index (χ2v) is 20.3. The molecule has 6 heteroatoms. The number of aromatic nitrogens is 4. The Hall–Kier alpha value is -4.64. The van der Waals surface area contributed by atoms with Crippen molar-refractivity contribution < 1.29 is 19.5 Å². The number of benzene rings is 3. The van der Waals surface area contributed by atoms with Gasteiger partial charge in [-0.3, -0.25) is 0 Å². The molecule has 3 aromatic heterocycles. The van der Waals surface area contributed by atoms with Crippen LogP contribution in [0, 0.1) is 6.92 Å². The molecule has 0 saturated carbocycles. The topological polar surface area (TPSA) is 54.0 Å². The largest absolute Gasteiger partial charge is 2.00 e. The minimum absolute atomic E-state index is 0. The molecule has 69 heavy (non-hydrogen) atoms. The van der Waals surface area contributed by atoms with E-state index in [1.807, 2.05) is 0 Å². The molecule has 0 saturated heterocycles. The summed E-state index contributed by atoms with van der Waals surface area (Å²) in [5.74, 6) is 0. The number of aryl methyl sites for hydroxylation is 5. The zero-order valence-electron chi connectivity index (χ0n) is 42.4. The number of unbranched alkanes of at least 4 members (excludes halogenated alkanes) is 12. The fraction of sp³-hybridized carbons (Fsp3) is 0.397. The van der Waals surface area contributed by atoms with Crippen LogP contribution in [0.5, 0.6) is 0 Å². The first-order chi connectivity index (χ1) is 33.3. The number of nitrogens with zero attached hydrogens (tertiary/aromatic N) is 4. The summed E-state index contributed by atoms with van der Waals surface area (Å²) in [7, 11) is 0. The van der Waals surface area contributed by atoms with Gasteiger partial charge in [0.15, 0.2) is 0 Å². The summed E-state index contributed by atoms with van der Waals surface area (Å²) in [6.45, 7) is 11.3. The van der Waals surface area contributed by atoms with Crippen molar-refractivity contribution in [2.75, 3.05) is 0 Å². The van der Waals surface area contributed by atoms with Gasteiger partial charge in [-0.1, -0.05) is 195 Å². The van der Waals surface area contributed by atoms with E-state index in [-0.39, 0.29) is 19.5 Å². The van der Waals surface area contributed by atoms with Crippen LogP contribution in [0.3, 0.4) is 0 Å². The predicted octanol–water partition coefficient (Wildman–Crippen LogP) is 18.5. The minimum Gasteiger partial charge on any atom is -0.657 e. The molecular formula is C63H73BrN4Zn. The van der Waals surface area contributed by atoms with Gasteiger partial charge >= 0.3 is 19.5 Å². The van der Waals surface area contributed by atoms with Crippen LogP contribution < -0.4 is 9.97 Å². The summed E-state index contributed by atoms with van der Waals surface area (Å²) in [4.78, 5) is 22.1. The average Bonchev–Trinajstić information content (AvgIpc) is 4.20. The number of hydrogen-bond donors (Lipinski definition) is 0. The van der Waals surface area contributed by atoms with Crippen molar-refractivity contribution in [2.24, 2.45) is 0 Å². The van der Waals surface area contributed by atoms with Crippen LogP contribution >= 0.6 is 15.9 Å². The molecule has 0 spiro atoms. The molecule has 6 aromatic rings. The summed E-state index contributed by atoms with van der Waals surface area (Å²) >= 11 is 4.04. The van der Waals surface area contributed by atoms with E-state index in [0.29, 0.717) is 0 Å². The molecule has 0 N–H and O–H groups in total. The Morgan fingerprint density at radius 2 is 0.710 bits per heavy atom. The number of hydrogen-bond acceptors (Lipinski definition) is 2. The normalized spacial score (nSPS) is 12.0. The molecule has 0 radical (unpaired) electrons. The van der Waals surface area contributed by atoms with Crippen LogP contribution in [0.1, 0.15) is 181 Å². The third-order valence-electron chi connectivity index (χ3n) is 13.8. The molecule has 2 aliphatic heterocycles. The summed E-state index contributed by atoms with van der Waals surface area (Å²) in [6.07, 6.45) is 32.9. The number of rotatable bonds is 23. The fourth-order valence-corrected chi connectivity index (χ4v) is 10.5. The first-order valence-electron chi connectivity index (χ1n) is 26.4. The molecule has 0 atom stereocenters. The Kier molecular flexibility index (Phi) is 19.7. The Labute approximate surface area is 435 Å². The van der Waals surface area contributed by atoms with Crippen molar-refractivity contribution in [1.82, 2.24) is 19.9 Å². The van der Waals surface area contributed by atoms with E-state index in [9.17, 15) is 0 Å². The monoisotopic (exact) mass is 1030 g/mol. The SMILES string of the molecule is CCCCCCc1cc(CCCCCC)cc(-c2c3nc(c(-c4ccc(C)cc4)c4ccc([n-]4)c(-c4cc(CCCCCC)cc(CCCCCC)c4)c4nc(c(Br)c5ccc2[n-]5)C=C4)C=C3)c1.[Zn+2]. The Morgan fingerprint density at radius 3 is 1.10 bits per heavy atom. The zero-order valence-corrected chi connectivity index (χ0v) is 47.0. The third kappa shape index (κ3) is 13.4. The first kappa shape index (κ1) is 52.2. The second-order valence-electron chi connectivity index (χ2n) is 19.5. The van der Waals surface area contributed by atoms with Crippen molar-refractivity contribution in [3.8, 4) is 33.4 Å². The average molecular weight is 1030 g/mol. The maximum absolute atomic E-state index is 5.60. The Bertz CT molecular complexity index is 2750.